The first-order valence-corrected chi connectivity index (χ1v) is 6.38. The smallest absolute Gasteiger partial charge is 0.123 e. The van der Waals surface area contributed by atoms with Gasteiger partial charge in [-0.1, -0.05) is 11.6 Å². The molecule has 2 rings (SSSR count). The summed E-state index contributed by atoms with van der Waals surface area (Å²) >= 11 is 6.08. The van der Waals surface area contributed by atoms with Crippen molar-refractivity contribution in [3.05, 3.63) is 28.8 Å². The van der Waals surface area contributed by atoms with Gasteiger partial charge in [-0.15, -0.1) is 0 Å². The Morgan fingerprint density at radius 2 is 2.35 bits per heavy atom. The first-order chi connectivity index (χ1) is 8.26. The summed E-state index contributed by atoms with van der Waals surface area (Å²) in [7, 11) is 3.67. The van der Waals surface area contributed by atoms with Crippen LogP contribution >= 0.6 is 11.6 Å². The Hall–Kier alpha value is -0.770. The molecule has 2 unspecified atom stereocenters. The lowest BCUT2D eigenvalue weighted by molar-refractivity contribution is 0.383. The second-order valence-electron chi connectivity index (χ2n) is 4.36. The highest BCUT2D eigenvalue weighted by atomic mass is 35.5. The van der Waals surface area contributed by atoms with Crippen molar-refractivity contribution >= 4 is 11.6 Å². The SMILES string of the molecule is CNC(c1cc(Cl)ccc1OC)C1CCCN1. The molecule has 94 valence electrons. The predicted molar refractivity (Wildman–Crippen MR) is 70.8 cm³/mol. The van der Waals surface area contributed by atoms with Crippen molar-refractivity contribution in [3.8, 4) is 5.75 Å². The quantitative estimate of drug-likeness (QED) is 0.866. The molecule has 1 saturated heterocycles. The third-order valence-corrected chi connectivity index (χ3v) is 3.57. The van der Waals surface area contributed by atoms with Crippen LogP contribution in [0.1, 0.15) is 24.4 Å². The fraction of sp³-hybridized carbons (Fsp3) is 0.538. The second kappa shape index (κ2) is 5.71. The highest BCUT2D eigenvalue weighted by molar-refractivity contribution is 6.30. The van der Waals surface area contributed by atoms with E-state index in [9.17, 15) is 0 Å². The fourth-order valence-corrected chi connectivity index (χ4v) is 2.70. The van der Waals surface area contributed by atoms with Gasteiger partial charge in [0.25, 0.3) is 0 Å². The zero-order valence-electron chi connectivity index (χ0n) is 10.3. The lowest BCUT2D eigenvalue weighted by atomic mass is 9.97. The Morgan fingerprint density at radius 3 is 2.94 bits per heavy atom. The molecule has 1 fully saturated rings. The molecule has 1 aliphatic heterocycles. The van der Waals surface area contributed by atoms with E-state index in [0.717, 1.165) is 22.9 Å². The van der Waals surface area contributed by atoms with Crippen LogP contribution in [0.3, 0.4) is 0 Å². The molecule has 4 heteroatoms. The molecular formula is C13H19ClN2O. The average molecular weight is 255 g/mol. The Balaban J connectivity index is 2.31. The van der Waals surface area contributed by atoms with Gasteiger partial charge >= 0.3 is 0 Å². The number of ether oxygens (including phenoxy) is 1. The van der Waals surface area contributed by atoms with E-state index in [0.29, 0.717) is 6.04 Å². The molecule has 1 aliphatic rings. The van der Waals surface area contributed by atoms with Gasteiger partial charge in [0.15, 0.2) is 0 Å². The van der Waals surface area contributed by atoms with Crippen LogP contribution in [0.25, 0.3) is 0 Å². The van der Waals surface area contributed by atoms with Gasteiger partial charge in [0.1, 0.15) is 5.75 Å². The summed E-state index contributed by atoms with van der Waals surface area (Å²) in [5.74, 6) is 0.891. The third kappa shape index (κ3) is 2.73. The molecule has 0 aromatic heterocycles. The third-order valence-electron chi connectivity index (χ3n) is 3.34. The maximum atomic E-state index is 6.08. The lowest BCUT2D eigenvalue weighted by Gasteiger charge is -2.25. The molecular weight excluding hydrogens is 236 g/mol. The number of methoxy groups -OCH3 is 1. The van der Waals surface area contributed by atoms with Crippen LogP contribution in [0.2, 0.25) is 5.02 Å². The summed E-state index contributed by atoms with van der Waals surface area (Å²) in [4.78, 5) is 0. The number of hydrogen-bond acceptors (Lipinski definition) is 3. The van der Waals surface area contributed by atoms with Gasteiger partial charge in [0.05, 0.1) is 13.2 Å². The summed E-state index contributed by atoms with van der Waals surface area (Å²) in [6.45, 7) is 1.09. The van der Waals surface area contributed by atoms with E-state index < -0.39 is 0 Å². The molecule has 0 spiro atoms. The minimum Gasteiger partial charge on any atom is -0.496 e. The number of halogens is 1. The molecule has 0 bridgehead atoms. The van der Waals surface area contributed by atoms with Crippen LogP contribution in [0.15, 0.2) is 18.2 Å². The van der Waals surface area contributed by atoms with Crippen LogP contribution in [0, 0.1) is 0 Å². The van der Waals surface area contributed by atoms with Crippen molar-refractivity contribution in [1.29, 1.82) is 0 Å². The molecule has 2 N–H and O–H groups in total. The molecule has 1 heterocycles. The maximum Gasteiger partial charge on any atom is 0.123 e. The minimum absolute atomic E-state index is 0.242. The summed E-state index contributed by atoms with van der Waals surface area (Å²) in [5.41, 5.74) is 1.13. The summed E-state index contributed by atoms with van der Waals surface area (Å²) in [6.07, 6.45) is 2.41. The van der Waals surface area contributed by atoms with E-state index in [1.165, 1.54) is 12.8 Å². The molecule has 2 atom stereocenters. The number of rotatable bonds is 4. The van der Waals surface area contributed by atoms with Crippen molar-refractivity contribution in [2.24, 2.45) is 0 Å². The second-order valence-corrected chi connectivity index (χ2v) is 4.79. The van der Waals surface area contributed by atoms with E-state index in [2.05, 4.69) is 10.6 Å². The van der Waals surface area contributed by atoms with Crippen molar-refractivity contribution < 1.29 is 4.74 Å². The van der Waals surface area contributed by atoms with E-state index in [4.69, 9.17) is 16.3 Å². The van der Waals surface area contributed by atoms with E-state index in [1.54, 1.807) is 7.11 Å². The Morgan fingerprint density at radius 1 is 1.53 bits per heavy atom. The molecule has 0 amide bonds. The first kappa shape index (κ1) is 12.7. The summed E-state index contributed by atoms with van der Waals surface area (Å²) < 4.78 is 5.42. The Bertz CT molecular complexity index is 378. The van der Waals surface area contributed by atoms with Gasteiger partial charge in [-0.2, -0.15) is 0 Å². The van der Waals surface area contributed by atoms with Crippen LogP contribution in [0.5, 0.6) is 5.75 Å². The van der Waals surface area contributed by atoms with Gasteiger partial charge < -0.3 is 15.4 Å². The van der Waals surface area contributed by atoms with Crippen molar-refractivity contribution in [2.75, 3.05) is 20.7 Å². The number of nitrogens with one attached hydrogen (secondary N) is 2. The standard InChI is InChI=1S/C13H19ClN2O/c1-15-13(11-4-3-7-16-11)10-8-9(14)5-6-12(10)17-2/h5-6,8,11,13,15-16H,3-4,7H2,1-2H3. The Labute approximate surface area is 107 Å². The van der Waals surface area contributed by atoms with Gasteiger partial charge in [-0.25, -0.2) is 0 Å². The monoisotopic (exact) mass is 254 g/mol. The van der Waals surface area contributed by atoms with Crippen molar-refractivity contribution in [2.45, 2.75) is 24.9 Å². The molecule has 3 nitrogen and oxygen atoms in total. The van der Waals surface area contributed by atoms with Gasteiger partial charge in [-0.05, 0) is 44.6 Å². The normalized spacial score (nSPS) is 21.5. The van der Waals surface area contributed by atoms with Crippen LogP contribution in [0.4, 0.5) is 0 Å². The van der Waals surface area contributed by atoms with E-state index in [-0.39, 0.29) is 6.04 Å². The largest absolute Gasteiger partial charge is 0.496 e. The Kier molecular flexibility index (Phi) is 4.26. The average Bonchev–Trinajstić information content (AvgIpc) is 2.84. The molecule has 0 radical (unpaired) electrons. The zero-order chi connectivity index (χ0) is 12.3. The summed E-state index contributed by atoms with van der Waals surface area (Å²) in [5, 5.41) is 7.63. The molecule has 0 aliphatic carbocycles. The molecule has 1 aromatic rings. The van der Waals surface area contributed by atoms with Crippen LogP contribution < -0.4 is 15.4 Å². The first-order valence-electron chi connectivity index (χ1n) is 6.00. The fourth-order valence-electron chi connectivity index (χ4n) is 2.52. The van der Waals surface area contributed by atoms with Crippen molar-refractivity contribution in [3.63, 3.8) is 0 Å². The maximum absolute atomic E-state index is 6.08. The van der Waals surface area contributed by atoms with Crippen molar-refractivity contribution in [1.82, 2.24) is 10.6 Å². The number of benzene rings is 1. The number of hydrogen-bond donors (Lipinski definition) is 2. The predicted octanol–water partition coefficient (Wildman–Crippen LogP) is 2.36. The van der Waals surface area contributed by atoms with Gasteiger partial charge in [0, 0.05) is 16.6 Å². The van der Waals surface area contributed by atoms with E-state index in [1.807, 2.05) is 25.2 Å². The highest BCUT2D eigenvalue weighted by Gasteiger charge is 2.26. The number of likely N-dealkylation sites (N-methyl/N-ethyl adjacent to an activating group) is 1. The minimum atomic E-state index is 0.242. The van der Waals surface area contributed by atoms with Gasteiger partial charge in [0.2, 0.25) is 0 Å². The lowest BCUT2D eigenvalue weighted by Crippen LogP contribution is -2.36. The molecule has 17 heavy (non-hydrogen) atoms. The zero-order valence-corrected chi connectivity index (χ0v) is 11.1. The van der Waals surface area contributed by atoms with Crippen LogP contribution in [-0.4, -0.2) is 26.7 Å². The molecule has 0 saturated carbocycles. The van der Waals surface area contributed by atoms with Crippen LogP contribution in [-0.2, 0) is 0 Å². The molecule has 1 aromatic carbocycles. The topological polar surface area (TPSA) is 33.3 Å². The van der Waals surface area contributed by atoms with Gasteiger partial charge in [-0.3, -0.25) is 0 Å². The van der Waals surface area contributed by atoms with E-state index >= 15 is 0 Å². The highest BCUT2D eigenvalue weighted by Crippen LogP contribution is 2.32. The summed E-state index contributed by atoms with van der Waals surface area (Å²) in [6, 6.07) is 6.47.